The number of nitrogens with zero attached hydrogens (tertiary/aromatic N) is 3. The van der Waals surface area contributed by atoms with Crippen LogP contribution >= 0.6 is 0 Å². The Morgan fingerprint density at radius 3 is 2.40 bits per heavy atom. The molecule has 0 saturated carbocycles. The smallest absolute Gasteiger partial charge is 0.247 e. The van der Waals surface area contributed by atoms with Gasteiger partial charge in [0.2, 0.25) is 20.0 Å². The van der Waals surface area contributed by atoms with Gasteiger partial charge < -0.3 is 9.84 Å². The molecule has 3 atom stereocenters. The Balaban J connectivity index is 1.74. The lowest BCUT2D eigenvalue weighted by molar-refractivity contribution is 0.0904. The lowest BCUT2D eigenvalue weighted by atomic mass is 10.0. The second kappa shape index (κ2) is 12.1. The number of ether oxygens (including phenoxy) is 1. The van der Waals surface area contributed by atoms with Crippen LogP contribution in [0.4, 0.5) is 0 Å². The summed E-state index contributed by atoms with van der Waals surface area (Å²) >= 11 is 0. The molecule has 0 saturated heterocycles. The van der Waals surface area contributed by atoms with Gasteiger partial charge >= 0.3 is 0 Å². The van der Waals surface area contributed by atoms with Crippen molar-refractivity contribution in [3.63, 3.8) is 0 Å². The van der Waals surface area contributed by atoms with Crippen LogP contribution in [0.15, 0.2) is 76.8 Å². The molecule has 2 heterocycles. The first-order valence-electron chi connectivity index (χ1n) is 12.8. The number of likely N-dealkylation sites (N-methyl/N-ethyl adjacent to an activating group) is 1. The highest BCUT2D eigenvalue weighted by molar-refractivity contribution is 7.89. The maximum Gasteiger partial charge on any atom is 0.247 e. The van der Waals surface area contributed by atoms with Gasteiger partial charge in [-0.25, -0.2) is 16.8 Å². The Labute approximate surface area is 236 Å². The first-order valence-corrected chi connectivity index (χ1v) is 15.7. The molecule has 0 bridgehead atoms. The van der Waals surface area contributed by atoms with Gasteiger partial charge in [-0.15, -0.1) is 0 Å². The van der Waals surface area contributed by atoms with Gasteiger partial charge in [-0.1, -0.05) is 36.5 Å². The van der Waals surface area contributed by atoms with Crippen molar-refractivity contribution >= 4 is 20.0 Å². The molecule has 0 spiro atoms. The number of rotatable bonds is 6. The summed E-state index contributed by atoms with van der Waals surface area (Å²) in [5, 5.41) is 9.85. The van der Waals surface area contributed by atoms with Crippen LogP contribution in [0.1, 0.15) is 30.5 Å². The summed E-state index contributed by atoms with van der Waals surface area (Å²) in [6.07, 6.45) is 2.56. The number of aliphatic hydroxyl groups is 1. The van der Waals surface area contributed by atoms with Crippen LogP contribution in [0.25, 0.3) is 0 Å². The molecular weight excluding hydrogens is 550 g/mol. The average molecular weight is 584 g/mol. The van der Waals surface area contributed by atoms with Crippen molar-refractivity contribution in [1.82, 2.24) is 13.6 Å². The van der Waals surface area contributed by atoms with Crippen LogP contribution in [-0.2, 0) is 20.0 Å². The summed E-state index contributed by atoms with van der Waals surface area (Å²) < 4.78 is 62.8. The number of aromatic nitrogens is 1. The zero-order valence-electron chi connectivity index (χ0n) is 22.9. The maximum absolute atomic E-state index is 13.7. The highest BCUT2D eigenvalue weighted by Gasteiger charge is 2.39. The van der Waals surface area contributed by atoms with E-state index in [1.165, 1.54) is 21.7 Å². The Bertz CT molecular complexity index is 1620. The standard InChI is InChI=1S/C29H33N3O6S2/c1-21-5-10-26(11-6-21)39(34,35)31(4)19-28-22(2)18-32(23(3)20-33)40(36,37)29-12-9-25(17-27(29)38-28)8-7-24-13-15-30-16-14-24/h5-6,9-17,22-23,28,33H,18-20H2,1-4H3/t22-,23+,28-/m1/s1. The molecule has 2 aromatic carbocycles. The van der Waals surface area contributed by atoms with E-state index in [-0.39, 0.29) is 35.2 Å². The zero-order valence-corrected chi connectivity index (χ0v) is 24.5. The van der Waals surface area contributed by atoms with E-state index in [1.807, 2.05) is 13.8 Å². The molecule has 0 fully saturated rings. The monoisotopic (exact) mass is 583 g/mol. The van der Waals surface area contributed by atoms with E-state index in [4.69, 9.17) is 4.74 Å². The van der Waals surface area contributed by atoms with Gasteiger partial charge in [-0.3, -0.25) is 4.98 Å². The minimum atomic E-state index is -4.04. The molecule has 0 radical (unpaired) electrons. The number of aryl methyl sites for hydroxylation is 1. The number of hydrogen-bond acceptors (Lipinski definition) is 7. The molecule has 1 aliphatic rings. The van der Waals surface area contributed by atoms with Crippen LogP contribution in [0.5, 0.6) is 5.75 Å². The molecule has 1 aromatic heterocycles. The number of fused-ring (bicyclic) bond motifs is 1. The molecule has 1 aliphatic heterocycles. The van der Waals surface area contributed by atoms with E-state index < -0.39 is 38.1 Å². The molecule has 3 aromatic rings. The first kappa shape index (κ1) is 29.7. The number of hydrogen-bond donors (Lipinski definition) is 1. The second-order valence-electron chi connectivity index (χ2n) is 9.99. The molecule has 1 N–H and O–H groups in total. The third kappa shape index (κ3) is 6.37. The summed E-state index contributed by atoms with van der Waals surface area (Å²) in [6.45, 7) is 4.96. The molecule has 9 nitrogen and oxygen atoms in total. The third-order valence-electron chi connectivity index (χ3n) is 6.86. The Kier molecular flexibility index (Phi) is 8.97. The summed E-state index contributed by atoms with van der Waals surface area (Å²) in [5.74, 6) is 5.71. The number of aliphatic hydroxyl groups excluding tert-OH is 1. The molecule has 11 heteroatoms. The van der Waals surface area contributed by atoms with E-state index in [1.54, 1.807) is 67.8 Å². The van der Waals surface area contributed by atoms with Gasteiger partial charge in [0.25, 0.3) is 0 Å². The SMILES string of the molecule is Cc1ccc(S(=O)(=O)N(C)C[C@H]2Oc3cc(C#Cc4ccncc4)ccc3S(=O)(=O)N([C@@H](C)CO)C[C@H]2C)cc1. The molecule has 212 valence electrons. The van der Waals surface area contributed by atoms with E-state index in [2.05, 4.69) is 16.8 Å². The van der Waals surface area contributed by atoms with Crippen LogP contribution in [0, 0.1) is 24.7 Å². The van der Waals surface area contributed by atoms with Crippen molar-refractivity contribution in [2.24, 2.45) is 5.92 Å². The molecule has 4 rings (SSSR count). The van der Waals surface area contributed by atoms with Gasteiger partial charge in [0.15, 0.2) is 0 Å². The first-order chi connectivity index (χ1) is 18.9. The van der Waals surface area contributed by atoms with Gasteiger partial charge in [0, 0.05) is 49.1 Å². The van der Waals surface area contributed by atoms with E-state index in [0.29, 0.717) is 5.56 Å². The van der Waals surface area contributed by atoms with Crippen molar-refractivity contribution in [3.8, 4) is 17.6 Å². The molecule has 0 amide bonds. The maximum atomic E-state index is 13.7. The Hall–Kier alpha value is -3.27. The predicted octanol–water partition coefficient (Wildman–Crippen LogP) is 2.88. The third-order valence-corrected chi connectivity index (χ3v) is 10.7. The van der Waals surface area contributed by atoms with Gasteiger partial charge in [-0.05, 0) is 56.3 Å². The van der Waals surface area contributed by atoms with Crippen molar-refractivity contribution in [3.05, 3.63) is 83.7 Å². The molecule has 40 heavy (non-hydrogen) atoms. The van der Waals surface area contributed by atoms with Crippen LogP contribution < -0.4 is 4.74 Å². The molecular formula is C29H33N3O6S2. The zero-order chi connectivity index (χ0) is 29.1. The topological polar surface area (TPSA) is 117 Å². The fourth-order valence-corrected chi connectivity index (χ4v) is 7.35. The number of pyridine rings is 1. The number of sulfonamides is 2. The largest absolute Gasteiger partial charge is 0.487 e. The van der Waals surface area contributed by atoms with Gasteiger partial charge in [0.1, 0.15) is 16.7 Å². The fourth-order valence-electron chi connectivity index (χ4n) is 4.34. The van der Waals surface area contributed by atoms with Crippen molar-refractivity contribution in [2.45, 2.75) is 42.7 Å². The quantitative estimate of drug-likeness (QED) is 0.444. The highest BCUT2D eigenvalue weighted by Crippen LogP contribution is 2.34. The summed E-state index contributed by atoms with van der Waals surface area (Å²) in [4.78, 5) is 4.07. The normalized spacial score (nSPS) is 19.9. The predicted molar refractivity (Wildman–Crippen MR) is 152 cm³/mol. The minimum absolute atomic E-state index is 0.0227. The van der Waals surface area contributed by atoms with Crippen LogP contribution in [0.2, 0.25) is 0 Å². The summed E-state index contributed by atoms with van der Waals surface area (Å²) in [6, 6.07) is 14.0. The second-order valence-corrected chi connectivity index (χ2v) is 13.9. The minimum Gasteiger partial charge on any atom is -0.487 e. The van der Waals surface area contributed by atoms with Crippen LogP contribution in [-0.4, -0.2) is 74.4 Å². The van der Waals surface area contributed by atoms with Gasteiger partial charge in [-0.2, -0.15) is 8.61 Å². The van der Waals surface area contributed by atoms with E-state index in [9.17, 15) is 21.9 Å². The fraction of sp³-hybridized carbons (Fsp3) is 0.345. The van der Waals surface area contributed by atoms with Crippen molar-refractivity contribution in [1.29, 1.82) is 0 Å². The van der Waals surface area contributed by atoms with E-state index >= 15 is 0 Å². The number of benzene rings is 2. The molecule has 0 unspecified atom stereocenters. The molecule has 0 aliphatic carbocycles. The van der Waals surface area contributed by atoms with Gasteiger partial charge in [0.05, 0.1) is 18.0 Å². The summed E-state index contributed by atoms with van der Waals surface area (Å²) in [5.41, 5.74) is 2.21. The van der Waals surface area contributed by atoms with Crippen molar-refractivity contribution < 1.29 is 26.7 Å². The summed E-state index contributed by atoms with van der Waals surface area (Å²) in [7, 11) is -6.39. The lowest BCUT2D eigenvalue weighted by Crippen LogP contribution is -2.50. The average Bonchev–Trinajstić information content (AvgIpc) is 2.94. The Morgan fingerprint density at radius 1 is 1.10 bits per heavy atom. The van der Waals surface area contributed by atoms with Crippen LogP contribution in [0.3, 0.4) is 0 Å². The van der Waals surface area contributed by atoms with E-state index in [0.717, 1.165) is 11.1 Å². The van der Waals surface area contributed by atoms with Crippen molar-refractivity contribution in [2.75, 3.05) is 26.7 Å². The lowest BCUT2D eigenvalue weighted by Gasteiger charge is -2.37. The Morgan fingerprint density at radius 2 is 1.75 bits per heavy atom. The highest BCUT2D eigenvalue weighted by atomic mass is 32.2.